The van der Waals surface area contributed by atoms with Crippen LogP contribution in [0.15, 0.2) is 74.1 Å². The molecule has 3 N–H and O–H groups in total. The van der Waals surface area contributed by atoms with Crippen LogP contribution in [-0.4, -0.2) is 24.8 Å². The number of Topliss-reactive ketones (excluding diaryl/α,β-unsaturated/α-hetero) is 1. The fraction of sp³-hybridized carbons (Fsp3) is 0.208. The first-order valence-electron chi connectivity index (χ1n) is 10.3. The number of ketones is 1. The third-order valence-corrected chi connectivity index (χ3v) is 7.52. The Morgan fingerprint density at radius 1 is 1.15 bits per heavy atom. The molecule has 0 fully saturated rings. The molecular weight excluding hydrogens is 554 g/mol. The number of hydrogen-bond donors (Lipinski definition) is 2. The van der Waals surface area contributed by atoms with Gasteiger partial charge in [0.2, 0.25) is 5.91 Å². The predicted molar refractivity (Wildman–Crippen MR) is 130 cm³/mol. The first-order valence-corrected chi connectivity index (χ1v) is 11.9. The summed E-state index contributed by atoms with van der Waals surface area (Å²) >= 11 is 7.02. The average molecular weight is 573 g/mol. The zero-order valence-electron chi connectivity index (χ0n) is 17.6. The SMILES string of the molecule is COC(=O)C1=C(N)N(c2ccccc2Br)C2=C(C(=O)CCC2)C12C(=O)Nc1ccc(Br)cc12. The number of benzene rings is 2. The Labute approximate surface area is 206 Å². The van der Waals surface area contributed by atoms with Crippen LogP contribution in [0.5, 0.6) is 0 Å². The van der Waals surface area contributed by atoms with Gasteiger partial charge in [-0.1, -0.05) is 28.1 Å². The minimum absolute atomic E-state index is 0.0603. The van der Waals surface area contributed by atoms with Gasteiger partial charge in [0, 0.05) is 37.9 Å². The average Bonchev–Trinajstić information content (AvgIpc) is 3.06. The zero-order valence-corrected chi connectivity index (χ0v) is 20.7. The largest absolute Gasteiger partial charge is 0.466 e. The van der Waals surface area contributed by atoms with Gasteiger partial charge >= 0.3 is 5.97 Å². The van der Waals surface area contributed by atoms with E-state index in [9.17, 15) is 14.4 Å². The number of nitrogens with two attached hydrogens (primary N) is 1. The van der Waals surface area contributed by atoms with E-state index in [4.69, 9.17) is 10.5 Å². The van der Waals surface area contributed by atoms with E-state index in [2.05, 4.69) is 37.2 Å². The lowest BCUT2D eigenvalue weighted by Crippen LogP contribution is -2.53. The fourth-order valence-electron chi connectivity index (χ4n) is 5.09. The molecule has 2 aromatic rings. The molecule has 0 radical (unpaired) electrons. The fourth-order valence-corrected chi connectivity index (χ4v) is 5.91. The standard InChI is InChI=1S/C24H19Br2N3O4/c1-33-22(31)20-21(27)29(16-6-3-2-5-14(16)26)17-7-4-8-18(30)19(17)24(20)13-11-12(25)9-10-15(13)28-23(24)32/h2-3,5-6,9-11H,4,7-8,27H2,1H3,(H,28,32). The molecule has 0 bridgehead atoms. The number of fused-ring (bicyclic) bond motifs is 3. The van der Waals surface area contributed by atoms with Crippen LogP contribution in [-0.2, 0) is 24.5 Å². The molecule has 2 heterocycles. The Hall–Kier alpha value is -2.91. The highest BCUT2D eigenvalue weighted by atomic mass is 79.9. The number of para-hydroxylation sites is 1. The minimum Gasteiger partial charge on any atom is -0.466 e. The molecule has 7 nitrogen and oxygen atoms in total. The van der Waals surface area contributed by atoms with Crippen molar-refractivity contribution in [2.24, 2.45) is 5.73 Å². The van der Waals surface area contributed by atoms with Gasteiger partial charge in [0.05, 0.1) is 12.8 Å². The molecule has 1 unspecified atom stereocenters. The van der Waals surface area contributed by atoms with Crippen LogP contribution in [0.4, 0.5) is 11.4 Å². The highest BCUT2D eigenvalue weighted by Crippen LogP contribution is 2.56. The van der Waals surface area contributed by atoms with Gasteiger partial charge in [-0.05, 0) is 59.1 Å². The van der Waals surface area contributed by atoms with Crippen LogP contribution >= 0.6 is 31.9 Å². The number of allylic oxidation sites excluding steroid dienone is 1. The molecule has 5 rings (SSSR count). The van der Waals surface area contributed by atoms with E-state index in [-0.39, 0.29) is 29.2 Å². The molecule has 2 aliphatic heterocycles. The summed E-state index contributed by atoms with van der Waals surface area (Å²) < 4.78 is 6.57. The maximum atomic E-state index is 13.8. The Kier molecular flexibility index (Phi) is 5.21. The van der Waals surface area contributed by atoms with Crippen molar-refractivity contribution in [3.8, 4) is 0 Å². The first kappa shape index (κ1) is 21.9. The number of halogens is 2. The second-order valence-electron chi connectivity index (χ2n) is 8.03. The van der Waals surface area contributed by atoms with Crippen molar-refractivity contribution in [1.29, 1.82) is 0 Å². The number of methoxy groups -OCH3 is 1. The molecule has 0 aromatic heterocycles. The highest BCUT2D eigenvalue weighted by Gasteiger charge is 2.62. The van der Waals surface area contributed by atoms with E-state index in [1.54, 1.807) is 23.1 Å². The van der Waals surface area contributed by atoms with Crippen molar-refractivity contribution in [3.05, 3.63) is 79.6 Å². The topological polar surface area (TPSA) is 102 Å². The van der Waals surface area contributed by atoms with Crippen molar-refractivity contribution in [1.82, 2.24) is 0 Å². The van der Waals surface area contributed by atoms with E-state index in [1.807, 2.05) is 24.3 Å². The number of rotatable bonds is 2. The molecule has 3 aliphatic rings. The van der Waals surface area contributed by atoms with Crippen LogP contribution in [0.3, 0.4) is 0 Å². The van der Waals surface area contributed by atoms with Gasteiger partial charge in [-0.15, -0.1) is 0 Å². The normalized spacial score (nSPS) is 21.8. The maximum Gasteiger partial charge on any atom is 0.339 e. The van der Waals surface area contributed by atoms with Crippen LogP contribution in [0.25, 0.3) is 0 Å². The lowest BCUT2D eigenvalue weighted by atomic mass is 9.63. The lowest BCUT2D eigenvalue weighted by Gasteiger charge is -2.44. The van der Waals surface area contributed by atoms with Gasteiger partial charge in [-0.25, -0.2) is 4.79 Å². The summed E-state index contributed by atoms with van der Waals surface area (Å²) in [5.74, 6) is -1.39. The molecular formula is C24H19Br2N3O4. The van der Waals surface area contributed by atoms with Crippen LogP contribution < -0.4 is 16.0 Å². The third kappa shape index (κ3) is 2.95. The number of nitrogens with zero attached hydrogens (tertiary/aromatic N) is 1. The van der Waals surface area contributed by atoms with Crippen molar-refractivity contribution in [3.63, 3.8) is 0 Å². The number of carbonyl (C=O) groups is 3. The molecule has 9 heteroatoms. The van der Waals surface area contributed by atoms with Crippen molar-refractivity contribution in [2.45, 2.75) is 24.7 Å². The summed E-state index contributed by atoms with van der Waals surface area (Å²) in [4.78, 5) is 42.3. The van der Waals surface area contributed by atoms with Gasteiger partial charge in [0.15, 0.2) is 5.78 Å². The molecule has 1 amide bonds. The summed E-state index contributed by atoms with van der Waals surface area (Å²) in [6.07, 6.45) is 1.41. The summed E-state index contributed by atoms with van der Waals surface area (Å²) in [5.41, 5.74) is 7.53. The molecule has 33 heavy (non-hydrogen) atoms. The molecule has 1 atom stereocenters. The number of carbonyl (C=O) groups excluding carboxylic acids is 3. The van der Waals surface area contributed by atoms with Gasteiger partial charge in [0.1, 0.15) is 16.8 Å². The van der Waals surface area contributed by atoms with E-state index >= 15 is 0 Å². The van der Waals surface area contributed by atoms with Gasteiger partial charge in [0.25, 0.3) is 0 Å². The Morgan fingerprint density at radius 2 is 1.91 bits per heavy atom. The van der Waals surface area contributed by atoms with E-state index in [0.29, 0.717) is 39.9 Å². The molecule has 0 saturated carbocycles. The van der Waals surface area contributed by atoms with Crippen LogP contribution in [0.1, 0.15) is 24.8 Å². The Morgan fingerprint density at radius 3 is 2.64 bits per heavy atom. The molecule has 0 saturated heterocycles. The molecule has 1 aliphatic carbocycles. The van der Waals surface area contributed by atoms with Crippen LogP contribution in [0.2, 0.25) is 0 Å². The smallest absolute Gasteiger partial charge is 0.339 e. The van der Waals surface area contributed by atoms with Crippen molar-refractivity contribution in [2.75, 3.05) is 17.3 Å². The number of hydrogen-bond acceptors (Lipinski definition) is 6. The van der Waals surface area contributed by atoms with E-state index in [1.165, 1.54) is 7.11 Å². The van der Waals surface area contributed by atoms with Crippen molar-refractivity contribution < 1.29 is 19.1 Å². The Bertz CT molecular complexity index is 1320. The number of anilines is 2. The lowest BCUT2D eigenvalue weighted by molar-refractivity contribution is -0.138. The van der Waals surface area contributed by atoms with Crippen molar-refractivity contribution >= 4 is 60.9 Å². The summed E-state index contributed by atoms with van der Waals surface area (Å²) in [5, 5.41) is 2.86. The van der Waals surface area contributed by atoms with E-state index < -0.39 is 17.3 Å². The summed E-state index contributed by atoms with van der Waals surface area (Å²) in [7, 11) is 1.24. The second kappa shape index (κ2) is 7.85. The predicted octanol–water partition coefficient (Wildman–Crippen LogP) is 4.27. The van der Waals surface area contributed by atoms with Gasteiger partial charge < -0.3 is 15.8 Å². The molecule has 2 aromatic carbocycles. The third-order valence-electron chi connectivity index (χ3n) is 6.36. The number of ether oxygens (including phenoxy) is 1. The van der Waals surface area contributed by atoms with Crippen LogP contribution in [0, 0.1) is 0 Å². The Balaban J connectivity index is 1.94. The van der Waals surface area contributed by atoms with Gasteiger partial charge in [-0.2, -0.15) is 0 Å². The summed E-state index contributed by atoms with van der Waals surface area (Å²) in [6, 6.07) is 12.7. The maximum absolute atomic E-state index is 13.8. The second-order valence-corrected chi connectivity index (χ2v) is 9.80. The van der Waals surface area contributed by atoms with E-state index in [0.717, 1.165) is 4.47 Å². The zero-order chi connectivity index (χ0) is 23.5. The number of esters is 1. The first-order chi connectivity index (χ1) is 15.8. The monoisotopic (exact) mass is 571 g/mol. The highest BCUT2D eigenvalue weighted by molar-refractivity contribution is 9.10. The summed E-state index contributed by atoms with van der Waals surface area (Å²) in [6.45, 7) is 0. The number of nitrogens with one attached hydrogen (secondary N) is 1. The molecule has 168 valence electrons. The van der Waals surface area contributed by atoms with Gasteiger partial charge in [-0.3, -0.25) is 14.5 Å². The molecule has 1 spiro atoms. The quantitative estimate of drug-likeness (QED) is 0.521. The number of amides is 1. The minimum atomic E-state index is -1.69.